The molecule has 0 amide bonds. The number of nitrogens with zero attached hydrogens (tertiary/aromatic N) is 4. The van der Waals surface area contributed by atoms with Gasteiger partial charge in [0, 0.05) is 30.8 Å². The second-order valence-electron chi connectivity index (χ2n) is 7.41. The Morgan fingerprint density at radius 3 is 2.48 bits per heavy atom. The third-order valence-electron chi connectivity index (χ3n) is 4.97. The number of anilines is 1. The third kappa shape index (κ3) is 7.17. The molecule has 0 unspecified atom stereocenters. The summed E-state index contributed by atoms with van der Waals surface area (Å²) >= 11 is 3.47. The minimum atomic E-state index is -4.58. The van der Waals surface area contributed by atoms with E-state index >= 15 is 0 Å². The van der Waals surface area contributed by atoms with Crippen molar-refractivity contribution in [1.82, 2.24) is 19.4 Å². The predicted octanol–water partition coefficient (Wildman–Crippen LogP) is 5.36. The lowest BCUT2D eigenvalue weighted by atomic mass is 10.2. The van der Waals surface area contributed by atoms with Crippen LogP contribution in [-0.2, 0) is 7.05 Å². The molecular formula is C22H30F3N5OS2. The summed E-state index contributed by atoms with van der Waals surface area (Å²) in [5.41, 5.74) is 5.82. The molecule has 2 aromatic heterocycles. The number of hydrogen-bond donors (Lipinski definition) is 1. The molecular weight excluding hydrogens is 471 g/mol. The van der Waals surface area contributed by atoms with Crippen molar-refractivity contribution in [2.24, 2.45) is 7.05 Å². The van der Waals surface area contributed by atoms with Crippen LogP contribution in [0.2, 0.25) is 0 Å². The van der Waals surface area contributed by atoms with Crippen LogP contribution in [0.1, 0.15) is 42.9 Å². The number of pyridine rings is 1. The Bertz CT molecular complexity index is 987. The fourth-order valence-electron chi connectivity index (χ4n) is 2.89. The van der Waals surface area contributed by atoms with E-state index in [4.69, 9.17) is 5.73 Å². The number of nitrogen functional groups attached to an aromatic ring is 1. The van der Waals surface area contributed by atoms with Crippen LogP contribution in [0.15, 0.2) is 22.9 Å². The van der Waals surface area contributed by atoms with Crippen molar-refractivity contribution < 1.29 is 18.0 Å². The minimum absolute atomic E-state index is 0.0346. The summed E-state index contributed by atoms with van der Waals surface area (Å²) < 4.78 is 41.8. The summed E-state index contributed by atoms with van der Waals surface area (Å²) in [5.74, 6) is 1.04. The molecule has 0 spiro atoms. The number of alkyl halides is 3. The summed E-state index contributed by atoms with van der Waals surface area (Å²) in [6.07, 6.45) is 3.38. The molecule has 1 aliphatic carbocycles. The van der Waals surface area contributed by atoms with E-state index in [-0.39, 0.29) is 17.9 Å². The summed E-state index contributed by atoms with van der Waals surface area (Å²) in [5, 5.41) is 1.05. The van der Waals surface area contributed by atoms with E-state index < -0.39 is 11.9 Å². The van der Waals surface area contributed by atoms with Crippen molar-refractivity contribution in [3.05, 3.63) is 29.3 Å². The molecule has 2 N–H and O–H groups in total. The lowest BCUT2D eigenvalue weighted by molar-refractivity contribution is -0.107. The molecule has 11 heteroatoms. The largest absolute Gasteiger partial charge is 0.431 e. The number of aromatic nitrogens is 3. The molecule has 0 bridgehead atoms. The number of hydrogen-bond acceptors (Lipinski definition) is 7. The van der Waals surface area contributed by atoms with Gasteiger partial charge in [-0.1, -0.05) is 6.92 Å². The lowest BCUT2D eigenvalue weighted by Crippen LogP contribution is -2.28. The van der Waals surface area contributed by atoms with Crippen LogP contribution in [0, 0.1) is 0 Å². The van der Waals surface area contributed by atoms with Crippen LogP contribution in [0.4, 0.5) is 18.9 Å². The first kappa shape index (κ1) is 27.1. The number of thioether (sulfide) groups is 2. The van der Waals surface area contributed by atoms with Crippen LogP contribution < -0.4 is 5.73 Å². The van der Waals surface area contributed by atoms with Crippen LogP contribution >= 0.6 is 23.5 Å². The molecule has 1 saturated carbocycles. The van der Waals surface area contributed by atoms with Gasteiger partial charge in [0.2, 0.25) is 0 Å². The van der Waals surface area contributed by atoms with Gasteiger partial charge in [0.15, 0.2) is 12.1 Å². The smallest absolute Gasteiger partial charge is 0.397 e. The number of carbonyl (C=O) groups is 1. The molecule has 0 aliphatic heterocycles. The standard InChI is InChI=1S/C18H22F3N5OS.C4H8S/c1-5-25(3)15(18(19,20)21)8-12-13(10-27)26(4)17(24-12)16-14(28-6-2)7-11(22)9-23-16;1-5-4-2-3-4/h7-10H,5-6,22H2,1-4H3;4H,2-3H2,1H3/b15-8-;. The minimum Gasteiger partial charge on any atom is -0.397 e. The summed E-state index contributed by atoms with van der Waals surface area (Å²) in [4.78, 5) is 22.0. The van der Waals surface area contributed by atoms with Crippen LogP contribution in [0.5, 0.6) is 0 Å². The Kier molecular flexibility index (Phi) is 9.71. The van der Waals surface area contributed by atoms with Crippen molar-refractivity contribution in [2.45, 2.75) is 43.0 Å². The van der Waals surface area contributed by atoms with Crippen molar-refractivity contribution >= 4 is 41.6 Å². The molecule has 2 aromatic rings. The van der Waals surface area contributed by atoms with Crippen molar-refractivity contribution in [3.63, 3.8) is 0 Å². The Balaban J connectivity index is 0.000000678. The first-order chi connectivity index (χ1) is 15.6. The van der Waals surface area contributed by atoms with Gasteiger partial charge in [-0.05, 0) is 43.9 Å². The normalized spacial score (nSPS) is 14.0. The van der Waals surface area contributed by atoms with Gasteiger partial charge in [-0.3, -0.25) is 4.79 Å². The van der Waals surface area contributed by atoms with Gasteiger partial charge in [0.25, 0.3) is 0 Å². The topological polar surface area (TPSA) is 77.0 Å². The lowest BCUT2D eigenvalue weighted by Gasteiger charge is -2.22. The predicted molar refractivity (Wildman–Crippen MR) is 132 cm³/mol. The number of imidazole rings is 1. The van der Waals surface area contributed by atoms with Gasteiger partial charge < -0.3 is 15.2 Å². The maximum Gasteiger partial charge on any atom is 0.431 e. The second kappa shape index (κ2) is 11.8. The monoisotopic (exact) mass is 501 g/mol. The number of halogens is 3. The molecule has 2 heterocycles. The van der Waals surface area contributed by atoms with E-state index in [1.807, 2.05) is 18.7 Å². The van der Waals surface area contributed by atoms with E-state index in [1.54, 1.807) is 20.0 Å². The van der Waals surface area contributed by atoms with Crippen molar-refractivity contribution in [1.29, 1.82) is 0 Å². The molecule has 3 rings (SSSR count). The quantitative estimate of drug-likeness (QED) is 0.386. The van der Waals surface area contributed by atoms with E-state index in [1.165, 1.54) is 42.4 Å². The van der Waals surface area contributed by atoms with E-state index in [0.29, 0.717) is 23.5 Å². The van der Waals surface area contributed by atoms with Gasteiger partial charge in [0.1, 0.15) is 17.1 Å². The highest BCUT2D eigenvalue weighted by molar-refractivity contribution is 7.99. The average molecular weight is 502 g/mol. The maximum absolute atomic E-state index is 13.5. The van der Waals surface area contributed by atoms with Crippen molar-refractivity contribution in [3.8, 4) is 11.5 Å². The van der Waals surface area contributed by atoms with Crippen LogP contribution in [0.25, 0.3) is 17.6 Å². The first-order valence-electron chi connectivity index (χ1n) is 10.5. The second-order valence-corrected chi connectivity index (χ2v) is 9.85. The Morgan fingerprint density at radius 2 is 2.03 bits per heavy atom. The molecule has 182 valence electrons. The van der Waals surface area contributed by atoms with E-state index in [9.17, 15) is 18.0 Å². The maximum atomic E-state index is 13.5. The third-order valence-corrected chi connectivity index (χ3v) is 7.02. The van der Waals surface area contributed by atoms with Crippen molar-refractivity contribution in [2.75, 3.05) is 31.3 Å². The van der Waals surface area contributed by atoms with Gasteiger partial charge in [-0.25, -0.2) is 9.97 Å². The molecule has 0 saturated heterocycles. The molecule has 6 nitrogen and oxygen atoms in total. The molecule has 0 radical (unpaired) electrons. The zero-order chi connectivity index (χ0) is 24.8. The van der Waals surface area contributed by atoms with Crippen LogP contribution in [-0.4, -0.2) is 62.7 Å². The number of nitrogens with two attached hydrogens (primary N) is 1. The number of allylic oxidation sites excluding steroid dienone is 1. The molecule has 0 atom stereocenters. The molecule has 33 heavy (non-hydrogen) atoms. The fraction of sp³-hybridized carbons (Fsp3) is 0.500. The number of aldehydes is 1. The number of rotatable bonds is 8. The molecule has 1 fully saturated rings. The summed E-state index contributed by atoms with van der Waals surface area (Å²) in [6, 6.07) is 1.73. The fourth-order valence-corrected chi connectivity index (χ4v) is 4.31. The zero-order valence-electron chi connectivity index (χ0n) is 19.4. The Labute approximate surface area is 201 Å². The molecule has 0 aromatic carbocycles. The zero-order valence-corrected chi connectivity index (χ0v) is 21.1. The Hall–Kier alpha value is -2.14. The van der Waals surface area contributed by atoms with E-state index in [0.717, 1.165) is 26.9 Å². The highest BCUT2D eigenvalue weighted by Crippen LogP contribution is 2.34. The van der Waals surface area contributed by atoms with E-state index in [2.05, 4.69) is 16.2 Å². The number of carbonyl (C=O) groups excluding carboxylic acids is 1. The highest BCUT2D eigenvalue weighted by Gasteiger charge is 2.36. The first-order valence-corrected chi connectivity index (χ1v) is 12.8. The van der Waals surface area contributed by atoms with Gasteiger partial charge in [0.05, 0.1) is 17.6 Å². The molecule has 1 aliphatic rings. The van der Waals surface area contributed by atoms with Gasteiger partial charge >= 0.3 is 6.18 Å². The summed E-state index contributed by atoms with van der Waals surface area (Å²) in [6.45, 7) is 3.71. The van der Waals surface area contributed by atoms with Gasteiger partial charge in [-0.2, -0.15) is 24.9 Å². The average Bonchev–Trinajstić information content (AvgIpc) is 3.55. The summed E-state index contributed by atoms with van der Waals surface area (Å²) in [7, 11) is 2.90. The van der Waals surface area contributed by atoms with Crippen LogP contribution in [0.3, 0.4) is 0 Å². The highest BCUT2D eigenvalue weighted by atomic mass is 32.2. The van der Waals surface area contributed by atoms with Gasteiger partial charge in [-0.15, -0.1) is 11.8 Å². The SMILES string of the molecule is CCSc1cc(N)cnc1-c1nc(/C=C(\N(C)CC)C(F)(F)F)c(C=O)n1C.CSC1CC1. The Morgan fingerprint density at radius 1 is 1.36 bits per heavy atom.